The summed E-state index contributed by atoms with van der Waals surface area (Å²) in [5, 5.41) is 0. The van der Waals surface area contributed by atoms with E-state index in [0.29, 0.717) is 5.75 Å². The number of ether oxygens (including phenoxy) is 1. The molecule has 106 valence electrons. The Labute approximate surface area is 126 Å². The van der Waals surface area contributed by atoms with E-state index in [9.17, 15) is 4.39 Å². The van der Waals surface area contributed by atoms with E-state index in [2.05, 4.69) is 15.9 Å². The topological polar surface area (TPSA) is 35.2 Å². The van der Waals surface area contributed by atoms with Crippen LogP contribution in [0.15, 0.2) is 53.0 Å². The van der Waals surface area contributed by atoms with Crippen molar-refractivity contribution in [3.8, 4) is 5.75 Å². The number of hydrogen-bond acceptors (Lipinski definition) is 2. The zero-order chi connectivity index (χ0) is 14.5. The van der Waals surface area contributed by atoms with Gasteiger partial charge in [0, 0.05) is 16.1 Å². The maximum atomic E-state index is 12.9. The molecule has 2 aromatic rings. The van der Waals surface area contributed by atoms with Gasteiger partial charge in [-0.25, -0.2) is 4.39 Å². The highest BCUT2D eigenvalue weighted by Crippen LogP contribution is 2.30. The lowest BCUT2D eigenvalue weighted by Crippen LogP contribution is -2.31. The molecule has 0 aliphatic rings. The van der Waals surface area contributed by atoms with E-state index in [-0.39, 0.29) is 18.0 Å². The lowest BCUT2D eigenvalue weighted by atomic mass is 10.0. The zero-order valence-electron chi connectivity index (χ0n) is 11.2. The highest BCUT2D eigenvalue weighted by molar-refractivity contribution is 9.10. The summed E-state index contributed by atoms with van der Waals surface area (Å²) >= 11 is 3.52. The fourth-order valence-corrected chi connectivity index (χ4v) is 2.47. The van der Waals surface area contributed by atoms with Crippen LogP contribution >= 0.6 is 15.9 Å². The molecular formula is C16H17BrFNO. The molecule has 2 atom stereocenters. The van der Waals surface area contributed by atoms with Crippen LogP contribution in [-0.4, -0.2) is 6.04 Å². The van der Waals surface area contributed by atoms with Gasteiger partial charge in [-0.3, -0.25) is 0 Å². The van der Waals surface area contributed by atoms with Crippen molar-refractivity contribution in [3.63, 3.8) is 0 Å². The molecule has 20 heavy (non-hydrogen) atoms. The Kier molecular flexibility index (Phi) is 5.15. The molecule has 2 rings (SSSR count). The minimum atomic E-state index is -0.283. The summed E-state index contributed by atoms with van der Waals surface area (Å²) in [7, 11) is 0. The predicted octanol–water partition coefficient (Wildman–Crippen LogP) is 4.45. The lowest BCUT2D eigenvalue weighted by Gasteiger charge is -2.25. The average Bonchev–Trinajstić information content (AvgIpc) is 2.47. The van der Waals surface area contributed by atoms with Crippen LogP contribution in [0.25, 0.3) is 0 Å². The van der Waals surface area contributed by atoms with E-state index >= 15 is 0 Å². The minimum Gasteiger partial charge on any atom is -0.484 e. The second kappa shape index (κ2) is 6.86. The second-order valence-corrected chi connectivity index (χ2v) is 5.44. The van der Waals surface area contributed by atoms with Gasteiger partial charge in [0.15, 0.2) is 0 Å². The van der Waals surface area contributed by atoms with Crippen LogP contribution in [0.2, 0.25) is 0 Å². The van der Waals surface area contributed by atoms with Gasteiger partial charge >= 0.3 is 0 Å². The van der Waals surface area contributed by atoms with Crippen molar-refractivity contribution in [1.82, 2.24) is 0 Å². The molecule has 0 saturated heterocycles. The van der Waals surface area contributed by atoms with E-state index in [1.165, 1.54) is 12.1 Å². The van der Waals surface area contributed by atoms with Crippen LogP contribution in [-0.2, 0) is 0 Å². The summed E-state index contributed by atoms with van der Waals surface area (Å²) in [6.45, 7) is 2.02. The minimum absolute atomic E-state index is 0.140. The van der Waals surface area contributed by atoms with Gasteiger partial charge in [0.1, 0.15) is 17.7 Å². The molecule has 2 aromatic carbocycles. The first-order chi connectivity index (χ1) is 9.61. The summed E-state index contributed by atoms with van der Waals surface area (Å²) in [5.41, 5.74) is 7.17. The Hall–Kier alpha value is -1.39. The number of nitrogens with two attached hydrogens (primary N) is 1. The molecule has 0 radical (unpaired) electrons. The SMILES string of the molecule is CCC(N)C(Oc1ccc(F)cc1)c1ccccc1Br. The molecule has 4 heteroatoms. The highest BCUT2D eigenvalue weighted by atomic mass is 79.9. The van der Waals surface area contributed by atoms with Crippen molar-refractivity contribution in [2.75, 3.05) is 0 Å². The van der Waals surface area contributed by atoms with Crippen molar-refractivity contribution in [2.45, 2.75) is 25.5 Å². The molecule has 0 amide bonds. The third kappa shape index (κ3) is 3.58. The monoisotopic (exact) mass is 337 g/mol. The van der Waals surface area contributed by atoms with E-state index in [1.807, 2.05) is 31.2 Å². The van der Waals surface area contributed by atoms with Crippen molar-refractivity contribution in [2.24, 2.45) is 5.73 Å². The van der Waals surface area contributed by atoms with Gasteiger partial charge in [0.05, 0.1) is 0 Å². The van der Waals surface area contributed by atoms with E-state index in [1.54, 1.807) is 12.1 Å². The van der Waals surface area contributed by atoms with Gasteiger partial charge in [-0.15, -0.1) is 0 Å². The van der Waals surface area contributed by atoms with E-state index < -0.39 is 0 Å². The Morgan fingerprint density at radius 2 is 1.80 bits per heavy atom. The average molecular weight is 338 g/mol. The van der Waals surface area contributed by atoms with Crippen molar-refractivity contribution < 1.29 is 9.13 Å². The van der Waals surface area contributed by atoms with Crippen LogP contribution in [0.1, 0.15) is 25.0 Å². The largest absolute Gasteiger partial charge is 0.484 e. The summed E-state index contributed by atoms with van der Waals surface area (Å²) < 4.78 is 19.9. The molecule has 2 nitrogen and oxygen atoms in total. The lowest BCUT2D eigenvalue weighted by molar-refractivity contribution is 0.170. The number of benzene rings is 2. The third-order valence-corrected chi connectivity index (χ3v) is 3.87. The van der Waals surface area contributed by atoms with Gasteiger partial charge in [-0.05, 0) is 36.8 Å². The molecule has 0 spiro atoms. The summed E-state index contributed by atoms with van der Waals surface area (Å²) in [4.78, 5) is 0. The fourth-order valence-electron chi connectivity index (χ4n) is 1.96. The third-order valence-electron chi connectivity index (χ3n) is 3.15. The van der Waals surface area contributed by atoms with Gasteiger partial charge < -0.3 is 10.5 Å². The van der Waals surface area contributed by atoms with Gasteiger partial charge in [0.2, 0.25) is 0 Å². The van der Waals surface area contributed by atoms with Crippen molar-refractivity contribution in [3.05, 3.63) is 64.4 Å². The first kappa shape index (κ1) is 15.0. The van der Waals surface area contributed by atoms with Crippen LogP contribution < -0.4 is 10.5 Å². The molecule has 0 fully saturated rings. The zero-order valence-corrected chi connectivity index (χ0v) is 12.8. The molecule has 0 aliphatic carbocycles. The maximum absolute atomic E-state index is 12.9. The maximum Gasteiger partial charge on any atom is 0.140 e. The summed E-state index contributed by atoms with van der Waals surface area (Å²) in [6.07, 6.45) is 0.508. The van der Waals surface area contributed by atoms with Crippen LogP contribution in [0.4, 0.5) is 4.39 Å². The standard InChI is InChI=1S/C16H17BrFNO/c1-2-15(19)16(13-5-3-4-6-14(13)17)20-12-9-7-11(18)8-10-12/h3-10,15-16H,2,19H2,1H3. The highest BCUT2D eigenvalue weighted by Gasteiger charge is 2.22. The smallest absolute Gasteiger partial charge is 0.140 e. The Balaban J connectivity index is 2.29. The Morgan fingerprint density at radius 1 is 1.15 bits per heavy atom. The molecular weight excluding hydrogens is 321 g/mol. The Bertz CT molecular complexity index is 559. The quantitative estimate of drug-likeness (QED) is 0.874. The number of halogens is 2. The molecule has 0 aliphatic heterocycles. The number of hydrogen-bond donors (Lipinski definition) is 1. The van der Waals surface area contributed by atoms with Crippen molar-refractivity contribution >= 4 is 15.9 Å². The number of rotatable bonds is 5. The van der Waals surface area contributed by atoms with Gasteiger partial charge in [-0.1, -0.05) is 41.1 Å². The second-order valence-electron chi connectivity index (χ2n) is 4.59. The molecule has 0 bridgehead atoms. The summed E-state index contributed by atoms with van der Waals surface area (Å²) in [5.74, 6) is 0.325. The van der Waals surface area contributed by atoms with Gasteiger partial charge in [0.25, 0.3) is 0 Å². The Morgan fingerprint density at radius 3 is 2.40 bits per heavy atom. The van der Waals surface area contributed by atoms with Crippen LogP contribution in [0.3, 0.4) is 0 Å². The predicted molar refractivity (Wildman–Crippen MR) is 82.2 cm³/mol. The fraction of sp³-hybridized carbons (Fsp3) is 0.250. The van der Waals surface area contributed by atoms with Crippen LogP contribution in [0.5, 0.6) is 5.75 Å². The molecule has 0 saturated carbocycles. The van der Waals surface area contributed by atoms with E-state index in [4.69, 9.17) is 10.5 Å². The normalized spacial score (nSPS) is 13.8. The molecule has 2 unspecified atom stereocenters. The van der Waals surface area contributed by atoms with E-state index in [0.717, 1.165) is 16.5 Å². The molecule has 0 heterocycles. The van der Waals surface area contributed by atoms with Crippen LogP contribution in [0, 0.1) is 5.82 Å². The summed E-state index contributed by atoms with van der Waals surface area (Å²) in [6, 6.07) is 13.7. The molecule has 0 aromatic heterocycles. The first-order valence-corrected chi connectivity index (χ1v) is 7.33. The van der Waals surface area contributed by atoms with Crippen molar-refractivity contribution in [1.29, 1.82) is 0 Å². The first-order valence-electron chi connectivity index (χ1n) is 6.54. The molecule has 2 N–H and O–H groups in total. The van der Waals surface area contributed by atoms with Gasteiger partial charge in [-0.2, -0.15) is 0 Å².